The van der Waals surface area contributed by atoms with Crippen LogP contribution in [0, 0.1) is 13.8 Å². The van der Waals surface area contributed by atoms with Gasteiger partial charge in [-0.05, 0) is 74.2 Å². The SMILES string of the molecule is CCOc1ccc(S(=O)(=O)N[C@@H](Cc2ccccc2)C(=O)Nc2cc(Cl)ccc2C)cc1C. The van der Waals surface area contributed by atoms with Crippen LogP contribution >= 0.6 is 11.6 Å². The minimum absolute atomic E-state index is 0.0632. The van der Waals surface area contributed by atoms with Gasteiger partial charge < -0.3 is 10.1 Å². The molecule has 0 saturated carbocycles. The van der Waals surface area contributed by atoms with Gasteiger partial charge in [0.05, 0.1) is 11.5 Å². The van der Waals surface area contributed by atoms with Crippen molar-refractivity contribution in [1.29, 1.82) is 0 Å². The number of halogens is 1. The van der Waals surface area contributed by atoms with E-state index in [2.05, 4.69) is 10.0 Å². The van der Waals surface area contributed by atoms with Crippen LogP contribution in [-0.2, 0) is 21.2 Å². The molecule has 8 heteroatoms. The second-order valence-electron chi connectivity index (χ2n) is 7.67. The van der Waals surface area contributed by atoms with E-state index in [4.69, 9.17) is 16.3 Å². The third kappa shape index (κ3) is 6.57. The Morgan fingerprint density at radius 1 is 1.00 bits per heavy atom. The summed E-state index contributed by atoms with van der Waals surface area (Å²) in [5.74, 6) is 0.141. The van der Waals surface area contributed by atoms with Crippen molar-refractivity contribution in [3.63, 3.8) is 0 Å². The summed E-state index contributed by atoms with van der Waals surface area (Å²) in [7, 11) is -3.98. The number of ether oxygens (including phenoxy) is 1. The highest BCUT2D eigenvalue weighted by molar-refractivity contribution is 7.89. The van der Waals surface area contributed by atoms with Crippen LogP contribution < -0.4 is 14.8 Å². The molecule has 0 heterocycles. The molecule has 0 saturated heterocycles. The molecule has 0 aliphatic rings. The number of hydrogen-bond donors (Lipinski definition) is 2. The Balaban J connectivity index is 1.89. The van der Waals surface area contributed by atoms with Crippen molar-refractivity contribution in [2.45, 2.75) is 38.1 Å². The fraction of sp³-hybridized carbons (Fsp3) is 0.240. The number of rotatable bonds is 9. The largest absolute Gasteiger partial charge is 0.494 e. The van der Waals surface area contributed by atoms with Gasteiger partial charge in [0.15, 0.2) is 0 Å². The summed E-state index contributed by atoms with van der Waals surface area (Å²) < 4.78 is 34.4. The first-order chi connectivity index (χ1) is 15.7. The summed E-state index contributed by atoms with van der Waals surface area (Å²) in [4.78, 5) is 13.3. The molecule has 3 aromatic carbocycles. The minimum Gasteiger partial charge on any atom is -0.494 e. The molecule has 0 aliphatic carbocycles. The van der Waals surface area contributed by atoms with Crippen molar-refractivity contribution in [2.75, 3.05) is 11.9 Å². The highest BCUT2D eigenvalue weighted by Crippen LogP contribution is 2.23. The zero-order valence-corrected chi connectivity index (χ0v) is 20.3. The van der Waals surface area contributed by atoms with Gasteiger partial charge in [0.2, 0.25) is 15.9 Å². The van der Waals surface area contributed by atoms with Crippen molar-refractivity contribution in [3.05, 3.63) is 88.4 Å². The predicted molar refractivity (Wildman–Crippen MR) is 131 cm³/mol. The average molecular weight is 487 g/mol. The van der Waals surface area contributed by atoms with Gasteiger partial charge in [0.25, 0.3) is 0 Å². The van der Waals surface area contributed by atoms with Gasteiger partial charge in [-0.1, -0.05) is 48.0 Å². The molecular weight excluding hydrogens is 460 g/mol. The van der Waals surface area contributed by atoms with Gasteiger partial charge >= 0.3 is 0 Å². The van der Waals surface area contributed by atoms with Crippen molar-refractivity contribution in [3.8, 4) is 5.75 Å². The molecule has 0 fully saturated rings. The number of nitrogens with one attached hydrogen (secondary N) is 2. The smallest absolute Gasteiger partial charge is 0.242 e. The number of sulfonamides is 1. The standard InChI is InChI=1S/C25H27ClN2O4S/c1-4-32-24-13-12-21(14-18(24)3)33(30,31)28-23(15-19-8-6-5-7-9-19)25(29)27-22-16-20(26)11-10-17(22)2/h5-14,16,23,28H,4,15H2,1-3H3,(H,27,29)/t23-/m0/s1. The van der Waals surface area contributed by atoms with Crippen molar-refractivity contribution in [2.24, 2.45) is 0 Å². The van der Waals surface area contributed by atoms with Crippen LogP contribution in [0.15, 0.2) is 71.6 Å². The lowest BCUT2D eigenvalue weighted by Crippen LogP contribution is -2.45. The van der Waals surface area contributed by atoms with Crippen LogP contribution in [-0.4, -0.2) is 27.0 Å². The maximum Gasteiger partial charge on any atom is 0.242 e. The number of anilines is 1. The number of amides is 1. The van der Waals surface area contributed by atoms with E-state index in [9.17, 15) is 13.2 Å². The molecule has 33 heavy (non-hydrogen) atoms. The molecule has 6 nitrogen and oxygen atoms in total. The van der Waals surface area contributed by atoms with Crippen molar-refractivity contribution >= 4 is 33.2 Å². The molecule has 0 aliphatic heterocycles. The van der Waals surface area contributed by atoms with E-state index in [-0.39, 0.29) is 11.3 Å². The molecular formula is C25H27ClN2O4S. The first-order valence-electron chi connectivity index (χ1n) is 10.6. The summed E-state index contributed by atoms with van der Waals surface area (Å²) >= 11 is 6.07. The molecule has 0 bridgehead atoms. The topological polar surface area (TPSA) is 84.5 Å². The maximum absolute atomic E-state index is 13.2. The van der Waals surface area contributed by atoms with Crippen LogP contribution in [0.5, 0.6) is 5.75 Å². The van der Waals surface area contributed by atoms with Gasteiger partial charge in [-0.15, -0.1) is 0 Å². The number of carbonyl (C=O) groups is 1. The second kappa shape index (κ2) is 10.8. The zero-order valence-electron chi connectivity index (χ0n) is 18.8. The van der Waals surface area contributed by atoms with Gasteiger partial charge in [0, 0.05) is 10.7 Å². The minimum atomic E-state index is -3.98. The number of benzene rings is 3. The van der Waals surface area contributed by atoms with Crippen LogP contribution in [0.4, 0.5) is 5.69 Å². The Kier molecular flexibility index (Phi) is 8.13. The number of aryl methyl sites for hydroxylation is 2. The van der Waals surface area contributed by atoms with E-state index in [0.29, 0.717) is 28.6 Å². The van der Waals surface area contributed by atoms with Crippen LogP contribution in [0.3, 0.4) is 0 Å². The predicted octanol–water partition coefficient (Wildman–Crippen LogP) is 4.88. The monoisotopic (exact) mass is 486 g/mol. The van der Waals surface area contributed by atoms with Gasteiger partial charge in [0.1, 0.15) is 11.8 Å². The molecule has 0 unspecified atom stereocenters. The van der Waals surface area contributed by atoms with E-state index in [1.54, 1.807) is 31.2 Å². The molecule has 2 N–H and O–H groups in total. The van der Waals surface area contributed by atoms with Crippen molar-refractivity contribution < 1.29 is 17.9 Å². The normalized spacial score (nSPS) is 12.2. The molecule has 3 aromatic rings. The summed E-state index contributed by atoms with van der Waals surface area (Å²) in [5, 5.41) is 3.29. The molecule has 3 rings (SSSR count). The number of hydrogen-bond acceptors (Lipinski definition) is 4. The Morgan fingerprint density at radius 2 is 1.73 bits per heavy atom. The maximum atomic E-state index is 13.2. The summed E-state index contributed by atoms with van der Waals surface area (Å²) in [5.41, 5.74) is 2.86. The second-order valence-corrected chi connectivity index (χ2v) is 9.82. The van der Waals surface area contributed by atoms with Crippen LogP contribution in [0.25, 0.3) is 0 Å². The third-order valence-electron chi connectivity index (χ3n) is 5.11. The first-order valence-corrected chi connectivity index (χ1v) is 12.4. The van der Waals surface area contributed by atoms with Crippen molar-refractivity contribution in [1.82, 2.24) is 4.72 Å². The van der Waals surface area contributed by atoms with Gasteiger partial charge in [-0.3, -0.25) is 4.79 Å². The average Bonchev–Trinajstić information content (AvgIpc) is 2.78. The summed E-state index contributed by atoms with van der Waals surface area (Å²) in [6.07, 6.45) is 0.182. The lowest BCUT2D eigenvalue weighted by Gasteiger charge is -2.20. The summed E-state index contributed by atoms with van der Waals surface area (Å²) in [6.45, 7) is 5.96. The van der Waals surface area contributed by atoms with E-state index in [1.165, 1.54) is 12.1 Å². The van der Waals surface area contributed by atoms with E-state index in [0.717, 1.165) is 11.1 Å². The molecule has 0 spiro atoms. The van der Waals surface area contributed by atoms with Crippen LogP contribution in [0.1, 0.15) is 23.6 Å². The quantitative estimate of drug-likeness (QED) is 0.451. The zero-order chi connectivity index (χ0) is 24.0. The van der Waals surface area contributed by atoms with Gasteiger partial charge in [-0.25, -0.2) is 8.42 Å². The van der Waals surface area contributed by atoms with Gasteiger partial charge in [-0.2, -0.15) is 4.72 Å². The first kappa shape index (κ1) is 24.8. The van der Waals surface area contributed by atoms with Crippen LogP contribution in [0.2, 0.25) is 5.02 Å². The molecule has 0 radical (unpaired) electrons. The molecule has 1 amide bonds. The Labute approximate surface area is 200 Å². The third-order valence-corrected chi connectivity index (χ3v) is 6.82. The molecule has 1 atom stereocenters. The van der Waals surface area contributed by atoms with E-state index < -0.39 is 22.0 Å². The highest BCUT2D eigenvalue weighted by Gasteiger charge is 2.27. The number of carbonyl (C=O) groups excluding carboxylic acids is 1. The van der Waals surface area contributed by atoms with E-state index in [1.807, 2.05) is 44.2 Å². The Bertz CT molecular complexity index is 1230. The highest BCUT2D eigenvalue weighted by atomic mass is 35.5. The lowest BCUT2D eigenvalue weighted by molar-refractivity contribution is -0.117. The fourth-order valence-corrected chi connectivity index (χ4v) is 4.80. The lowest BCUT2D eigenvalue weighted by atomic mass is 10.1. The van der Waals surface area contributed by atoms with E-state index >= 15 is 0 Å². The Morgan fingerprint density at radius 3 is 2.39 bits per heavy atom. The molecule has 0 aromatic heterocycles. The summed E-state index contributed by atoms with van der Waals surface area (Å²) in [6, 6.07) is 18.0. The molecule has 174 valence electrons. The Hall–Kier alpha value is -2.87. The fourth-order valence-electron chi connectivity index (χ4n) is 3.35.